The summed E-state index contributed by atoms with van der Waals surface area (Å²) < 4.78 is 5.46. The van der Waals surface area contributed by atoms with Gasteiger partial charge in [0.1, 0.15) is 0 Å². The number of hydrogen-bond acceptors (Lipinski definition) is 5. The van der Waals surface area contributed by atoms with E-state index in [2.05, 4.69) is 31.3 Å². The zero-order chi connectivity index (χ0) is 45.1. The molecule has 0 radical (unpaired) electrons. The van der Waals surface area contributed by atoms with E-state index < -0.39 is 12.1 Å². The summed E-state index contributed by atoms with van der Waals surface area (Å²) in [6, 6.07) is -0.561. The van der Waals surface area contributed by atoms with Crippen LogP contribution in [-0.2, 0) is 14.3 Å². The third kappa shape index (κ3) is 48.1. The number of aliphatic hydroxyl groups is 2. The van der Waals surface area contributed by atoms with Crippen LogP contribution in [0.4, 0.5) is 0 Å². The Hall–Kier alpha value is -1.40. The summed E-state index contributed by atoms with van der Waals surface area (Å²) in [5.41, 5.74) is 0. The topological polar surface area (TPSA) is 95.9 Å². The van der Waals surface area contributed by atoms with Crippen LogP contribution in [0.25, 0.3) is 0 Å². The molecule has 6 heteroatoms. The molecule has 368 valence electrons. The standard InChI is InChI=1S/C56H109NO5/c1-3-5-7-9-11-13-15-17-18-19-20-21-22-25-28-32-36-40-44-48-54(59)53(52-58)57-55(60)49-45-41-37-33-29-26-23-27-31-35-39-43-47-51-62-56(61)50-46-42-38-34-30-24-16-14-12-10-8-6-4-2/h26,29,53-54,58-59H,3-25,27-28,30-52H2,1-2H3,(H,57,60)/b29-26-. The second-order valence-electron chi connectivity index (χ2n) is 19.3. The van der Waals surface area contributed by atoms with E-state index in [-0.39, 0.29) is 18.5 Å². The Kier molecular flexibility index (Phi) is 51.0. The Morgan fingerprint density at radius 2 is 0.758 bits per heavy atom. The van der Waals surface area contributed by atoms with Crippen molar-refractivity contribution in [3.05, 3.63) is 12.2 Å². The quantitative estimate of drug-likeness (QED) is 0.0321. The highest BCUT2D eigenvalue weighted by Crippen LogP contribution is 2.17. The van der Waals surface area contributed by atoms with Crippen LogP contribution in [0.2, 0.25) is 0 Å². The summed E-state index contributed by atoms with van der Waals surface area (Å²) >= 11 is 0. The summed E-state index contributed by atoms with van der Waals surface area (Å²) in [7, 11) is 0. The van der Waals surface area contributed by atoms with E-state index in [1.807, 2.05) is 0 Å². The number of unbranched alkanes of at least 4 members (excludes halogenated alkanes) is 39. The number of allylic oxidation sites excluding steroid dienone is 2. The van der Waals surface area contributed by atoms with Crippen molar-refractivity contribution in [3.8, 4) is 0 Å². The highest BCUT2D eigenvalue weighted by atomic mass is 16.5. The summed E-state index contributed by atoms with van der Waals surface area (Å²) in [5, 5.41) is 23.3. The van der Waals surface area contributed by atoms with E-state index in [4.69, 9.17) is 4.74 Å². The Balaban J connectivity index is 3.49. The predicted octanol–water partition coefficient (Wildman–Crippen LogP) is 16.9. The molecule has 0 aromatic carbocycles. The first-order valence-corrected chi connectivity index (χ1v) is 27.9. The zero-order valence-corrected chi connectivity index (χ0v) is 41.9. The van der Waals surface area contributed by atoms with Crippen molar-refractivity contribution in [2.24, 2.45) is 0 Å². The number of aliphatic hydroxyl groups excluding tert-OH is 2. The molecule has 0 spiro atoms. The maximum atomic E-state index is 12.5. The van der Waals surface area contributed by atoms with Gasteiger partial charge < -0.3 is 20.3 Å². The van der Waals surface area contributed by atoms with Crippen molar-refractivity contribution >= 4 is 11.9 Å². The third-order valence-corrected chi connectivity index (χ3v) is 13.1. The number of rotatable bonds is 52. The van der Waals surface area contributed by atoms with E-state index >= 15 is 0 Å². The molecule has 3 N–H and O–H groups in total. The number of hydrogen-bond donors (Lipinski definition) is 3. The molecule has 0 saturated heterocycles. The van der Waals surface area contributed by atoms with Gasteiger partial charge in [0.15, 0.2) is 0 Å². The van der Waals surface area contributed by atoms with Gasteiger partial charge in [-0.15, -0.1) is 0 Å². The third-order valence-electron chi connectivity index (χ3n) is 13.1. The zero-order valence-electron chi connectivity index (χ0n) is 41.9. The number of ether oxygens (including phenoxy) is 1. The van der Waals surface area contributed by atoms with Crippen LogP contribution in [0, 0.1) is 0 Å². The molecule has 0 aromatic rings. The molecular weight excluding hydrogens is 767 g/mol. The van der Waals surface area contributed by atoms with Gasteiger partial charge >= 0.3 is 5.97 Å². The molecule has 0 aliphatic heterocycles. The fraction of sp³-hybridized carbons (Fsp3) is 0.929. The average Bonchev–Trinajstić information content (AvgIpc) is 3.27. The van der Waals surface area contributed by atoms with E-state index in [0.717, 1.165) is 70.6 Å². The van der Waals surface area contributed by atoms with Gasteiger partial charge in [-0.3, -0.25) is 9.59 Å². The molecular formula is C56H109NO5. The van der Waals surface area contributed by atoms with E-state index in [1.54, 1.807) is 0 Å². The number of nitrogens with one attached hydrogen (secondary N) is 1. The van der Waals surface area contributed by atoms with Gasteiger partial charge in [-0.1, -0.05) is 257 Å². The first kappa shape index (κ1) is 60.6. The lowest BCUT2D eigenvalue weighted by atomic mass is 10.0. The van der Waals surface area contributed by atoms with Gasteiger partial charge in [0.2, 0.25) is 5.91 Å². The largest absolute Gasteiger partial charge is 0.466 e. The maximum Gasteiger partial charge on any atom is 0.305 e. The second kappa shape index (κ2) is 52.2. The molecule has 2 unspecified atom stereocenters. The van der Waals surface area contributed by atoms with Gasteiger partial charge in [0.05, 0.1) is 25.4 Å². The average molecular weight is 876 g/mol. The highest BCUT2D eigenvalue weighted by molar-refractivity contribution is 5.76. The smallest absolute Gasteiger partial charge is 0.305 e. The van der Waals surface area contributed by atoms with Gasteiger partial charge in [-0.2, -0.15) is 0 Å². The van der Waals surface area contributed by atoms with Crippen LogP contribution in [0.1, 0.15) is 309 Å². The number of carbonyl (C=O) groups is 2. The normalized spacial score (nSPS) is 12.6. The maximum absolute atomic E-state index is 12.5. The molecule has 0 aliphatic rings. The van der Waals surface area contributed by atoms with Crippen LogP contribution in [0.15, 0.2) is 12.2 Å². The summed E-state index contributed by atoms with van der Waals surface area (Å²) in [4.78, 5) is 24.5. The number of amides is 1. The molecule has 0 bridgehead atoms. The van der Waals surface area contributed by atoms with E-state index in [9.17, 15) is 19.8 Å². The molecule has 1 amide bonds. The minimum atomic E-state index is -0.681. The van der Waals surface area contributed by atoms with Crippen molar-refractivity contribution in [3.63, 3.8) is 0 Å². The minimum absolute atomic E-state index is 0.0103. The Bertz CT molecular complexity index is 924. The molecule has 0 heterocycles. The Morgan fingerprint density at radius 1 is 0.435 bits per heavy atom. The predicted molar refractivity (Wildman–Crippen MR) is 269 cm³/mol. The lowest BCUT2D eigenvalue weighted by Crippen LogP contribution is -2.45. The van der Waals surface area contributed by atoms with Gasteiger partial charge in [0.25, 0.3) is 0 Å². The summed E-state index contributed by atoms with van der Waals surface area (Å²) in [6.07, 6.45) is 60.5. The Morgan fingerprint density at radius 3 is 1.16 bits per heavy atom. The lowest BCUT2D eigenvalue weighted by Gasteiger charge is -2.22. The summed E-state index contributed by atoms with van der Waals surface area (Å²) in [5.74, 6) is -0.0723. The Labute approximate surface area is 387 Å². The van der Waals surface area contributed by atoms with Crippen LogP contribution in [0.3, 0.4) is 0 Å². The van der Waals surface area contributed by atoms with Crippen molar-refractivity contribution in [2.75, 3.05) is 13.2 Å². The van der Waals surface area contributed by atoms with Crippen molar-refractivity contribution < 1.29 is 24.5 Å². The van der Waals surface area contributed by atoms with E-state index in [0.29, 0.717) is 25.9 Å². The lowest BCUT2D eigenvalue weighted by molar-refractivity contribution is -0.143. The number of esters is 1. The van der Waals surface area contributed by atoms with Gasteiger partial charge in [-0.05, 0) is 51.4 Å². The molecule has 0 saturated carbocycles. The summed E-state index contributed by atoms with van der Waals surface area (Å²) in [6.45, 7) is 4.93. The van der Waals surface area contributed by atoms with Gasteiger partial charge in [-0.25, -0.2) is 0 Å². The molecule has 0 rings (SSSR count). The molecule has 0 aliphatic carbocycles. The van der Waals surface area contributed by atoms with Crippen molar-refractivity contribution in [1.29, 1.82) is 0 Å². The molecule has 6 nitrogen and oxygen atoms in total. The molecule has 0 aromatic heterocycles. The second-order valence-corrected chi connectivity index (χ2v) is 19.3. The van der Waals surface area contributed by atoms with Crippen LogP contribution >= 0.6 is 0 Å². The van der Waals surface area contributed by atoms with E-state index in [1.165, 1.54) is 205 Å². The van der Waals surface area contributed by atoms with Crippen LogP contribution in [-0.4, -0.2) is 47.4 Å². The monoisotopic (exact) mass is 876 g/mol. The fourth-order valence-corrected chi connectivity index (χ4v) is 8.75. The minimum Gasteiger partial charge on any atom is -0.466 e. The van der Waals surface area contributed by atoms with Crippen molar-refractivity contribution in [2.45, 2.75) is 321 Å². The van der Waals surface area contributed by atoms with Crippen LogP contribution in [0.5, 0.6) is 0 Å². The SMILES string of the molecule is CCCCCCCCCCCCCCCCCCCCCC(O)C(CO)NC(=O)CCCCC/C=C\CCCCCCCCOC(=O)CCCCCCCCCCCCCCC. The first-order chi connectivity index (χ1) is 30.5. The van der Waals surface area contributed by atoms with Crippen molar-refractivity contribution in [1.82, 2.24) is 5.32 Å². The van der Waals surface area contributed by atoms with Gasteiger partial charge in [0, 0.05) is 12.8 Å². The highest BCUT2D eigenvalue weighted by Gasteiger charge is 2.20. The molecule has 0 fully saturated rings. The molecule has 62 heavy (non-hydrogen) atoms. The number of carbonyl (C=O) groups excluding carboxylic acids is 2. The molecule has 2 atom stereocenters. The van der Waals surface area contributed by atoms with Crippen LogP contribution < -0.4 is 5.32 Å². The first-order valence-electron chi connectivity index (χ1n) is 27.9. The fourth-order valence-electron chi connectivity index (χ4n) is 8.75.